The van der Waals surface area contributed by atoms with Crippen LogP contribution in [-0.2, 0) is 6.42 Å². The maximum absolute atomic E-state index is 6.21. The molecule has 1 aromatic heterocycles. The summed E-state index contributed by atoms with van der Waals surface area (Å²) in [6, 6.07) is 2.54. The third-order valence-corrected chi connectivity index (χ3v) is 4.83. The first-order chi connectivity index (χ1) is 8.54. The Morgan fingerprint density at radius 3 is 2.89 bits per heavy atom. The number of nitrogens with one attached hydrogen (secondary N) is 1. The predicted molar refractivity (Wildman–Crippen MR) is 76.9 cm³/mol. The van der Waals surface area contributed by atoms with E-state index >= 15 is 0 Å². The smallest absolute Gasteiger partial charge is 0.0621 e. The first-order valence-corrected chi connectivity index (χ1v) is 7.18. The first kappa shape index (κ1) is 13.8. The Morgan fingerprint density at radius 2 is 2.33 bits per heavy atom. The fraction of sp³-hybridized carbons (Fsp3) is 0.667. The minimum Gasteiger partial charge on any atom is -0.316 e. The second-order valence-corrected chi connectivity index (χ2v) is 6.46. The van der Waals surface area contributed by atoms with Crippen molar-refractivity contribution in [2.45, 2.75) is 45.6 Å². The van der Waals surface area contributed by atoms with E-state index in [0.29, 0.717) is 11.5 Å². The summed E-state index contributed by atoms with van der Waals surface area (Å²) < 4.78 is 0. The molecule has 100 valence electrons. The Morgan fingerprint density at radius 1 is 1.56 bits per heavy atom. The third-order valence-electron chi connectivity index (χ3n) is 4.49. The first-order valence-electron chi connectivity index (χ1n) is 6.80. The molecule has 2 nitrogen and oxygen atoms in total. The van der Waals surface area contributed by atoms with Crippen molar-refractivity contribution in [3.05, 3.63) is 29.0 Å². The second kappa shape index (κ2) is 5.58. The van der Waals surface area contributed by atoms with Gasteiger partial charge in [0.05, 0.1) is 5.02 Å². The normalized spacial score (nSPS) is 24.1. The molecular formula is C15H23ClN2. The summed E-state index contributed by atoms with van der Waals surface area (Å²) in [6.45, 7) is 4.78. The van der Waals surface area contributed by atoms with Crippen LogP contribution in [0.15, 0.2) is 18.5 Å². The zero-order chi connectivity index (χ0) is 13.2. The summed E-state index contributed by atoms with van der Waals surface area (Å²) in [4.78, 5) is 4.05. The van der Waals surface area contributed by atoms with Crippen LogP contribution in [0.1, 0.15) is 38.7 Å². The van der Waals surface area contributed by atoms with Gasteiger partial charge in [-0.1, -0.05) is 31.9 Å². The Labute approximate surface area is 115 Å². The van der Waals surface area contributed by atoms with Gasteiger partial charge in [-0.15, -0.1) is 0 Å². The highest BCUT2D eigenvalue weighted by Gasteiger charge is 2.38. The van der Waals surface area contributed by atoms with E-state index in [1.54, 1.807) is 6.20 Å². The maximum atomic E-state index is 6.21. The molecule has 0 amide bonds. The summed E-state index contributed by atoms with van der Waals surface area (Å²) in [5.74, 6) is 0.728. The maximum Gasteiger partial charge on any atom is 0.0621 e. The summed E-state index contributed by atoms with van der Waals surface area (Å²) in [7, 11) is 2.06. The molecule has 1 saturated carbocycles. The average molecular weight is 267 g/mol. The van der Waals surface area contributed by atoms with Crippen molar-refractivity contribution in [2.75, 3.05) is 7.05 Å². The molecule has 1 N–H and O–H groups in total. The summed E-state index contributed by atoms with van der Waals surface area (Å²) in [6.07, 6.45) is 8.56. The number of nitrogens with zero attached hydrogens (tertiary/aromatic N) is 1. The number of hydrogen-bond donors (Lipinski definition) is 1. The molecule has 0 spiro atoms. The van der Waals surface area contributed by atoms with Gasteiger partial charge in [-0.2, -0.15) is 0 Å². The summed E-state index contributed by atoms with van der Waals surface area (Å²) in [5, 5.41) is 4.28. The molecule has 1 aliphatic rings. The molecule has 1 fully saturated rings. The van der Waals surface area contributed by atoms with Gasteiger partial charge in [-0.25, -0.2) is 0 Å². The lowest BCUT2D eigenvalue weighted by Crippen LogP contribution is -2.40. The summed E-state index contributed by atoms with van der Waals surface area (Å²) in [5.41, 5.74) is 1.64. The van der Waals surface area contributed by atoms with Crippen LogP contribution in [0, 0.1) is 11.3 Å². The predicted octanol–water partition coefficient (Wildman–Crippen LogP) is 3.69. The minimum absolute atomic E-state index is 0.438. The van der Waals surface area contributed by atoms with E-state index in [0.717, 1.165) is 17.4 Å². The van der Waals surface area contributed by atoms with Crippen LogP contribution in [0.25, 0.3) is 0 Å². The molecule has 18 heavy (non-hydrogen) atoms. The van der Waals surface area contributed by atoms with Crippen LogP contribution >= 0.6 is 11.6 Å². The van der Waals surface area contributed by atoms with E-state index < -0.39 is 0 Å². The molecule has 0 bridgehead atoms. The van der Waals surface area contributed by atoms with Crippen LogP contribution in [0.2, 0.25) is 5.02 Å². The number of halogens is 1. The van der Waals surface area contributed by atoms with Crippen molar-refractivity contribution in [2.24, 2.45) is 11.3 Å². The molecule has 3 heteroatoms. The van der Waals surface area contributed by atoms with E-state index in [4.69, 9.17) is 11.6 Å². The van der Waals surface area contributed by atoms with Gasteiger partial charge < -0.3 is 5.32 Å². The number of aromatic nitrogens is 1. The molecule has 0 aromatic carbocycles. The van der Waals surface area contributed by atoms with Crippen molar-refractivity contribution in [3.8, 4) is 0 Å². The highest BCUT2D eigenvalue weighted by Crippen LogP contribution is 2.45. The van der Waals surface area contributed by atoms with Crippen molar-refractivity contribution in [1.82, 2.24) is 10.3 Å². The topological polar surface area (TPSA) is 24.9 Å². The molecule has 1 aromatic rings. The lowest BCUT2D eigenvalue weighted by molar-refractivity contribution is 0.201. The third kappa shape index (κ3) is 2.86. The van der Waals surface area contributed by atoms with Gasteiger partial charge in [0.2, 0.25) is 0 Å². The minimum atomic E-state index is 0.438. The standard InChI is InChI=1S/C15H23ClN2/c1-15(2)7-4-5-12(15)14(17-3)9-11-6-8-18-10-13(11)16/h6,8,10,12,14,17H,4-5,7,9H2,1-3H3. The van der Waals surface area contributed by atoms with Gasteiger partial charge in [0.25, 0.3) is 0 Å². The van der Waals surface area contributed by atoms with Gasteiger partial charge in [0.1, 0.15) is 0 Å². The van der Waals surface area contributed by atoms with Gasteiger partial charge in [0, 0.05) is 18.4 Å². The highest BCUT2D eigenvalue weighted by atomic mass is 35.5. The monoisotopic (exact) mass is 266 g/mol. The van der Waals surface area contributed by atoms with Crippen LogP contribution < -0.4 is 5.32 Å². The van der Waals surface area contributed by atoms with Crippen molar-refractivity contribution in [3.63, 3.8) is 0 Å². The fourth-order valence-corrected chi connectivity index (χ4v) is 3.55. The van der Waals surface area contributed by atoms with E-state index in [9.17, 15) is 0 Å². The lowest BCUT2D eigenvalue weighted by Gasteiger charge is -2.34. The number of likely N-dealkylation sites (N-methyl/N-ethyl adjacent to an activating group) is 1. The lowest BCUT2D eigenvalue weighted by atomic mass is 9.76. The molecule has 0 aliphatic heterocycles. The average Bonchev–Trinajstić information content (AvgIpc) is 2.68. The van der Waals surface area contributed by atoms with Crippen molar-refractivity contribution >= 4 is 11.6 Å². The number of pyridine rings is 1. The van der Waals surface area contributed by atoms with E-state index in [-0.39, 0.29) is 0 Å². The largest absolute Gasteiger partial charge is 0.316 e. The molecule has 1 aliphatic carbocycles. The molecule has 0 radical (unpaired) electrons. The van der Waals surface area contributed by atoms with E-state index in [1.807, 2.05) is 12.3 Å². The van der Waals surface area contributed by atoms with E-state index in [2.05, 4.69) is 31.2 Å². The molecule has 2 unspecified atom stereocenters. The van der Waals surface area contributed by atoms with Crippen molar-refractivity contribution in [1.29, 1.82) is 0 Å². The van der Waals surface area contributed by atoms with Crippen molar-refractivity contribution < 1.29 is 0 Å². The zero-order valence-corrected chi connectivity index (χ0v) is 12.3. The van der Waals surface area contributed by atoms with Crippen LogP contribution in [0.5, 0.6) is 0 Å². The number of rotatable bonds is 4. The molecule has 0 saturated heterocycles. The van der Waals surface area contributed by atoms with Crippen LogP contribution in [-0.4, -0.2) is 18.1 Å². The fourth-order valence-electron chi connectivity index (χ4n) is 3.35. The van der Waals surface area contributed by atoms with Gasteiger partial charge in [-0.05, 0) is 49.3 Å². The molecular weight excluding hydrogens is 244 g/mol. The molecule has 2 atom stereocenters. The van der Waals surface area contributed by atoms with Gasteiger partial charge in [-0.3, -0.25) is 4.98 Å². The quantitative estimate of drug-likeness (QED) is 0.899. The zero-order valence-electron chi connectivity index (χ0n) is 11.5. The number of hydrogen-bond acceptors (Lipinski definition) is 2. The Kier molecular flexibility index (Phi) is 4.29. The SMILES string of the molecule is CNC(Cc1ccncc1Cl)C1CCCC1(C)C. The molecule has 1 heterocycles. The van der Waals surface area contributed by atoms with E-state index in [1.165, 1.54) is 24.8 Å². The van der Waals surface area contributed by atoms with Gasteiger partial charge in [0.15, 0.2) is 0 Å². The Bertz CT molecular complexity index is 403. The summed E-state index contributed by atoms with van der Waals surface area (Å²) >= 11 is 6.21. The Hall–Kier alpha value is -0.600. The highest BCUT2D eigenvalue weighted by molar-refractivity contribution is 6.31. The Balaban J connectivity index is 2.13. The van der Waals surface area contributed by atoms with Gasteiger partial charge >= 0.3 is 0 Å². The van der Waals surface area contributed by atoms with Crippen LogP contribution in [0.4, 0.5) is 0 Å². The van der Waals surface area contributed by atoms with Crippen LogP contribution in [0.3, 0.4) is 0 Å². The molecule has 2 rings (SSSR count). The second-order valence-electron chi connectivity index (χ2n) is 6.05.